The number of carbonyl (C=O) groups is 2. The van der Waals surface area contributed by atoms with Crippen LogP contribution in [-0.2, 0) is 32.1 Å². The second-order valence-corrected chi connectivity index (χ2v) is 12.5. The Morgan fingerprint density at radius 1 is 1.21 bits per heavy atom. The van der Waals surface area contributed by atoms with Gasteiger partial charge >= 0.3 is 5.97 Å². The van der Waals surface area contributed by atoms with Gasteiger partial charge in [0.2, 0.25) is 5.91 Å². The second-order valence-electron chi connectivity index (χ2n) is 11.7. The van der Waals surface area contributed by atoms with Crippen molar-refractivity contribution in [3.63, 3.8) is 0 Å². The average molecular weight is 617 g/mol. The van der Waals surface area contributed by atoms with Crippen molar-refractivity contribution in [2.45, 2.75) is 77.0 Å². The molecule has 1 aliphatic heterocycles. The Hall–Kier alpha value is -3.01. The zero-order valence-electron chi connectivity index (χ0n) is 23.4. The van der Waals surface area contributed by atoms with Crippen LogP contribution in [0.25, 0.3) is 11.3 Å². The number of amides is 1. The zero-order chi connectivity index (χ0) is 29.5. The van der Waals surface area contributed by atoms with Gasteiger partial charge in [-0.1, -0.05) is 48.3 Å². The van der Waals surface area contributed by atoms with Gasteiger partial charge < -0.3 is 18.9 Å². The number of carbonyl (C=O) groups excluding carboxylic acids is 2. The van der Waals surface area contributed by atoms with E-state index in [4.69, 9.17) is 37.2 Å². The lowest BCUT2D eigenvalue weighted by atomic mass is 10.0. The van der Waals surface area contributed by atoms with Crippen LogP contribution >= 0.6 is 23.2 Å². The number of aromatic nitrogens is 2. The topological polar surface area (TPSA) is 94.8 Å². The van der Waals surface area contributed by atoms with Crippen LogP contribution in [-0.4, -0.2) is 40.8 Å². The summed E-state index contributed by atoms with van der Waals surface area (Å²) in [6.45, 7) is 4.45. The van der Waals surface area contributed by atoms with E-state index >= 15 is 0 Å². The van der Waals surface area contributed by atoms with E-state index in [1.807, 2.05) is 13.8 Å². The molecule has 0 radical (unpaired) electrons. The summed E-state index contributed by atoms with van der Waals surface area (Å²) in [4.78, 5) is 31.2. The molecule has 0 unspecified atom stereocenters. The maximum Gasteiger partial charge on any atom is 0.306 e. The molecule has 3 aromatic rings. The molecular weight excluding hydrogens is 584 g/mol. The quantitative estimate of drug-likeness (QED) is 0.216. The van der Waals surface area contributed by atoms with Crippen molar-refractivity contribution in [3.05, 3.63) is 63.3 Å². The van der Waals surface area contributed by atoms with Crippen molar-refractivity contribution in [1.82, 2.24) is 10.1 Å². The van der Waals surface area contributed by atoms with Crippen molar-refractivity contribution in [2.75, 3.05) is 11.5 Å². The number of anilines is 1. The molecule has 1 amide bonds. The number of ether oxygens (including phenoxy) is 2. The van der Waals surface area contributed by atoms with Crippen LogP contribution in [0.15, 0.2) is 35.0 Å². The second kappa shape index (κ2) is 11.9. The molecule has 2 bridgehead atoms. The minimum atomic E-state index is -0.543. The first-order chi connectivity index (χ1) is 20.2. The van der Waals surface area contributed by atoms with E-state index in [0.717, 1.165) is 24.2 Å². The number of fused-ring (bicyclic) bond motifs is 2. The fourth-order valence-corrected chi connectivity index (χ4v) is 6.46. The predicted octanol–water partition coefficient (Wildman–Crippen LogP) is 6.90. The summed E-state index contributed by atoms with van der Waals surface area (Å²) in [5.74, 6) is -0.0712. The Balaban J connectivity index is 1.11. The molecule has 3 aliphatic rings. The number of rotatable bonds is 11. The van der Waals surface area contributed by atoms with Gasteiger partial charge in [0.1, 0.15) is 17.3 Å². The van der Waals surface area contributed by atoms with E-state index in [-0.39, 0.29) is 61.0 Å². The third kappa shape index (κ3) is 5.79. The van der Waals surface area contributed by atoms with Crippen molar-refractivity contribution in [3.8, 4) is 11.3 Å². The lowest BCUT2D eigenvalue weighted by molar-refractivity contribution is -0.144. The molecular formula is C31H32Cl2FN3O5. The molecule has 2 aromatic heterocycles. The van der Waals surface area contributed by atoms with Gasteiger partial charge in [0.25, 0.3) is 0 Å². The Kier molecular flexibility index (Phi) is 8.26. The van der Waals surface area contributed by atoms with Gasteiger partial charge in [-0.15, -0.1) is 0 Å². The van der Waals surface area contributed by atoms with E-state index in [2.05, 4.69) is 10.1 Å². The lowest BCUT2D eigenvalue weighted by Gasteiger charge is -2.31. The number of hydrogen-bond acceptors (Lipinski definition) is 7. The van der Waals surface area contributed by atoms with Crippen LogP contribution in [0.4, 0.5) is 10.1 Å². The predicted molar refractivity (Wildman–Crippen MR) is 155 cm³/mol. The van der Waals surface area contributed by atoms with Gasteiger partial charge in [-0.05, 0) is 43.7 Å². The van der Waals surface area contributed by atoms with Gasteiger partial charge in [0.15, 0.2) is 0 Å². The normalized spacial score (nSPS) is 21.5. The molecule has 0 N–H and O–H groups in total. The molecule has 3 fully saturated rings. The molecule has 8 nitrogen and oxygen atoms in total. The van der Waals surface area contributed by atoms with Crippen LogP contribution in [0.1, 0.15) is 68.9 Å². The molecule has 3 heterocycles. The van der Waals surface area contributed by atoms with Crippen molar-refractivity contribution < 1.29 is 28.0 Å². The Bertz CT molecular complexity index is 1490. The highest BCUT2D eigenvalue weighted by atomic mass is 35.5. The standard InChI is InChI=1S/C31H32Cl2FN3O5/c1-16(2)14-41-27(38)9-8-25-24(34)11-19(13-35-25)37-18-10-20(31(37)39)26(12-18)40-15-21-29(36-42-30(21)17-6-7-17)28-22(32)4-3-5-23(28)33/h3-5,11,13,16-18,20,26H,6-10,12,14-15H2,1-2H3/t18-,20+,26+/m0/s1. The fraction of sp³-hybridized carbons (Fsp3) is 0.484. The van der Waals surface area contributed by atoms with Crippen LogP contribution in [0.3, 0.4) is 0 Å². The van der Waals surface area contributed by atoms with Gasteiger partial charge in [0, 0.05) is 35.6 Å². The zero-order valence-corrected chi connectivity index (χ0v) is 25.0. The summed E-state index contributed by atoms with van der Waals surface area (Å²) in [7, 11) is 0. The smallest absolute Gasteiger partial charge is 0.306 e. The maximum atomic E-state index is 14.9. The molecule has 42 heavy (non-hydrogen) atoms. The fourth-order valence-electron chi connectivity index (χ4n) is 5.89. The van der Waals surface area contributed by atoms with E-state index in [1.165, 1.54) is 12.3 Å². The summed E-state index contributed by atoms with van der Waals surface area (Å²) >= 11 is 13.0. The number of aryl methyl sites for hydroxylation is 1. The molecule has 0 spiro atoms. The number of benzene rings is 1. The Morgan fingerprint density at radius 3 is 2.64 bits per heavy atom. The van der Waals surface area contributed by atoms with Crippen molar-refractivity contribution in [1.29, 1.82) is 0 Å². The summed E-state index contributed by atoms with van der Waals surface area (Å²) < 4.78 is 32.2. The molecule has 2 saturated carbocycles. The number of piperidine rings is 1. The first-order valence-corrected chi connectivity index (χ1v) is 15.1. The highest BCUT2D eigenvalue weighted by molar-refractivity contribution is 6.39. The number of esters is 1. The molecule has 222 valence electrons. The highest BCUT2D eigenvalue weighted by Gasteiger charge is 2.52. The molecule has 2 aliphatic carbocycles. The molecule has 3 atom stereocenters. The maximum absolute atomic E-state index is 14.9. The SMILES string of the molecule is CC(C)COC(=O)CCc1ncc(N2C(=O)[C@@H]3C[C@H]2C[C@H]3OCc2c(-c3c(Cl)cccc3Cl)noc2C2CC2)cc1F. The Labute approximate surface area is 253 Å². The third-order valence-corrected chi connectivity index (χ3v) is 8.76. The first-order valence-electron chi connectivity index (χ1n) is 14.4. The summed E-state index contributed by atoms with van der Waals surface area (Å²) in [5, 5.41) is 5.27. The number of hydrogen-bond donors (Lipinski definition) is 0. The van der Waals surface area contributed by atoms with E-state index < -0.39 is 5.82 Å². The molecule has 1 saturated heterocycles. The average Bonchev–Trinajstić information content (AvgIpc) is 3.46. The van der Waals surface area contributed by atoms with Crippen LogP contribution in [0, 0.1) is 17.7 Å². The van der Waals surface area contributed by atoms with E-state index in [1.54, 1.807) is 23.1 Å². The summed E-state index contributed by atoms with van der Waals surface area (Å²) in [6, 6.07) is 6.50. The van der Waals surface area contributed by atoms with Gasteiger partial charge in [-0.25, -0.2) is 4.39 Å². The van der Waals surface area contributed by atoms with Crippen LogP contribution in [0.2, 0.25) is 10.0 Å². The van der Waals surface area contributed by atoms with Crippen molar-refractivity contribution >= 4 is 40.8 Å². The Morgan fingerprint density at radius 2 is 1.98 bits per heavy atom. The van der Waals surface area contributed by atoms with Gasteiger partial charge in [-0.2, -0.15) is 0 Å². The number of halogens is 3. The summed E-state index contributed by atoms with van der Waals surface area (Å²) in [5.41, 5.74) is 2.58. The molecule has 1 aromatic carbocycles. The van der Waals surface area contributed by atoms with Gasteiger partial charge in [0.05, 0.1) is 59.3 Å². The van der Waals surface area contributed by atoms with Gasteiger partial charge in [-0.3, -0.25) is 14.6 Å². The first kappa shape index (κ1) is 29.1. The monoisotopic (exact) mass is 615 g/mol. The highest BCUT2D eigenvalue weighted by Crippen LogP contribution is 2.47. The summed E-state index contributed by atoms with van der Waals surface area (Å²) in [6.07, 6.45) is 4.67. The number of pyridine rings is 1. The van der Waals surface area contributed by atoms with Crippen LogP contribution in [0.5, 0.6) is 0 Å². The minimum Gasteiger partial charge on any atom is -0.465 e. The van der Waals surface area contributed by atoms with E-state index in [0.29, 0.717) is 52.4 Å². The van der Waals surface area contributed by atoms with E-state index in [9.17, 15) is 14.0 Å². The molecule has 11 heteroatoms. The lowest BCUT2D eigenvalue weighted by Crippen LogP contribution is -2.43. The third-order valence-electron chi connectivity index (χ3n) is 8.13. The molecule has 6 rings (SSSR count). The minimum absolute atomic E-state index is 0.0430. The van der Waals surface area contributed by atoms with Crippen molar-refractivity contribution in [2.24, 2.45) is 11.8 Å². The number of nitrogens with zero attached hydrogens (tertiary/aromatic N) is 3. The van der Waals surface area contributed by atoms with Crippen LogP contribution < -0.4 is 4.90 Å². The largest absolute Gasteiger partial charge is 0.465 e.